The largest absolute Gasteiger partial charge is 0.465 e. The second kappa shape index (κ2) is 6.54. The first kappa shape index (κ1) is 13.8. The smallest absolute Gasteiger partial charge is 0.404 e. The summed E-state index contributed by atoms with van der Waals surface area (Å²) < 4.78 is 5.60. The van der Waals surface area contributed by atoms with Gasteiger partial charge in [0.25, 0.3) is 0 Å². The van der Waals surface area contributed by atoms with Crippen molar-refractivity contribution in [1.82, 2.24) is 5.32 Å². The van der Waals surface area contributed by atoms with Crippen LogP contribution >= 0.6 is 0 Å². The quantitative estimate of drug-likeness (QED) is 0.697. The van der Waals surface area contributed by atoms with E-state index in [1.54, 1.807) is 0 Å². The van der Waals surface area contributed by atoms with Crippen molar-refractivity contribution >= 4 is 6.09 Å². The van der Waals surface area contributed by atoms with Gasteiger partial charge in [-0.3, -0.25) is 0 Å². The Morgan fingerprint density at radius 3 is 2.84 bits per heavy atom. The fourth-order valence-corrected chi connectivity index (χ4v) is 2.18. The Labute approximate surface area is 112 Å². The SMILES string of the molecule is O=C(O)NC[C@H](O)[C@H]1C[C@@H]1COCc1ccccc1. The maximum atomic E-state index is 10.3. The molecule has 0 bridgehead atoms. The minimum absolute atomic E-state index is 0.0924. The van der Waals surface area contributed by atoms with Crippen molar-refractivity contribution in [1.29, 1.82) is 0 Å². The summed E-state index contributed by atoms with van der Waals surface area (Å²) in [7, 11) is 0. The molecule has 1 aliphatic carbocycles. The van der Waals surface area contributed by atoms with Crippen molar-refractivity contribution in [3.05, 3.63) is 35.9 Å². The maximum Gasteiger partial charge on any atom is 0.404 e. The number of carboxylic acid groups (broad SMARTS) is 1. The standard InChI is InChI=1S/C14H19NO4/c16-13(7-15-14(17)18)12-6-11(12)9-19-8-10-4-2-1-3-5-10/h1-5,11-13,15-16H,6-9H2,(H,17,18)/t11-,12+,13+/m1/s1. The van der Waals surface area contributed by atoms with E-state index < -0.39 is 12.2 Å². The molecule has 0 unspecified atom stereocenters. The van der Waals surface area contributed by atoms with Crippen molar-refractivity contribution in [2.24, 2.45) is 11.8 Å². The Kier molecular flexibility index (Phi) is 4.76. The van der Waals surface area contributed by atoms with Crippen LogP contribution < -0.4 is 5.32 Å². The van der Waals surface area contributed by atoms with Crippen LogP contribution in [-0.4, -0.2) is 35.6 Å². The van der Waals surface area contributed by atoms with Gasteiger partial charge in [0, 0.05) is 6.54 Å². The molecule has 5 nitrogen and oxygen atoms in total. The zero-order chi connectivity index (χ0) is 13.7. The van der Waals surface area contributed by atoms with E-state index in [1.807, 2.05) is 30.3 Å². The number of rotatable bonds is 7. The highest BCUT2D eigenvalue weighted by Crippen LogP contribution is 2.41. The van der Waals surface area contributed by atoms with Crippen LogP contribution in [0.2, 0.25) is 0 Å². The number of nitrogens with one attached hydrogen (secondary N) is 1. The summed E-state index contributed by atoms with van der Waals surface area (Å²) in [4.78, 5) is 10.3. The zero-order valence-corrected chi connectivity index (χ0v) is 10.7. The van der Waals surface area contributed by atoms with Gasteiger partial charge in [-0.1, -0.05) is 30.3 Å². The van der Waals surface area contributed by atoms with Gasteiger partial charge < -0.3 is 20.3 Å². The highest BCUT2D eigenvalue weighted by atomic mass is 16.5. The van der Waals surface area contributed by atoms with Crippen LogP contribution in [0.5, 0.6) is 0 Å². The van der Waals surface area contributed by atoms with Crippen LogP contribution in [0.1, 0.15) is 12.0 Å². The second-order valence-corrected chi connectivity index (χ2v) is 4.91. The van der Waals surface area contributed by atoms with Crippen molar-refractivity contribution < 1.29 is 19.7 Å². The Balaban J connectivity index is 1.60. The number of ether oxygens (including phenoxy) is 1. The van der Waals surface area contributed by atoms with Gasteiger partial charge in [-0.2, -0.15) is 0 Å². The Bertz CT molecular complexity index is 409. The van der Waals surface area contributed by atoms with Crippen LogP contribution in [0.3, 0.4) is 0 Å². The highest BCUT2D eigenvalue weighted by molar-refractivity contribution is 5.64. The van der Waals surface area contributed by atoms with Gasteiger partial charge in [0.15, 0.2) is 0 Å². The molecule has 104 valence electrons. The summed E-state index contributed by atoms with van der Waals surface area (Å²) in [6, 6.07) is 9.93. The predicted octanol–water partition coefficient (Wildman–Crippen LogP) is 1.47. The van der Waals surface area contributed by atoms with Gasteiger partial charge >= 0.3 is 6.09 Å². The lowest BCUT2D eigenvalue weighted by molar-refractivity contribution is 0.0894. The molecule has 0 heterocycles. The average molecular weight is 265 g/mol. The van der Waals surface area contributed by atoms with E-state index in [-0.39, 0.29) is 12.5 Å². The number of amides is 1. The summed E-state index contributed by atoms with van der Waals surface area (Å²) in [5.41, 5.74) is 1.13. The summed E-state index contributed by atoms with van der Waals surface area (Å²) in [6.45, 7) is 1.28. The fourth-order valence-electron chi connectivity index (χ4n) is 2.18. The Morgan fingerprint density at radius 2 is 2.16 bits per heavy atom. The highest BCUT2D eigenvalue weighted by Gasteiger charge is 2.42. The maximum absolute atomic E-state index is 10.3. The normalized spacial score (nSPS) is 22.8. The molecule has 19 heavy (non-hydrogen) atoms. The lowest BCUT2D eigenvalue weighted by Gasteiger charge is -2.10. The topological polar surface area (TPSA) is 78.8 Å². The molecule has 2 rings (SSSR count). The van der Waals surface area contributed by atoms with Crippen molar-refractivity contribution in [3.63, 3.8) is 0 Å². The van der Waals surface area contributed by atoms with E-state index in [0.717, 1.165) is 12.0 Å². The molecule has 1 aliphatic rings. The molecular formula is C14H19NO4. The molecule has 1 aromatic carbocycles. The van der Waals surface area contributed by atoms with Crippen LogP contribution in [-0.2, 0) is 11.3 Å². The summed E-state index contributed by atoms with van der Waals surface area (Å²) >= 11 is 0. The van der Waals surface area contributed by atoms with E-state index in [1.165, 1.54) is 0 Å². The molecule has 0 aliphatic heterocycles. The van der Waals surface area contributed by atoms with E-state index >= 15 is 0 Å². The molecule has 0 aromatic heterocycles. The van der Waals surface area contributed by atoms with E-state index in [4.69, 9.17) is 9.84 Å². The van der Waals surface area contributed by atoms with Crippen molar-refractivity contribution in [2.45, 2.75) is 19.1 Å². The molecule has 3 N–H and O–H groups in total. The Morgan fingerprint density at radius 1 is 1.42 bits per heavy atom. The van der Waals surface area contributed by atoms with Crippen LogP contribution in [0, 0.1) is 11.8 Å². The van der Waals surface area contributed by atoms with E-state index in [2.05, 4.69) is 5.32 Å². The molecular weight excluding hydrogens is 246 g/mol. The lowest BCUT2D eigenvalue weighted by atomic mass is 10.2. The number of carbonyl (C=O) groups is 1. The third kappa shape index (κ3) is 4.54. The predicted molar refractivity (Wildman–Crippen MR) is 69.7 cm³/mol. The number of aliphatic hydroxyl groups is 1. The summed E-state index contributed by atoms with van der Waals surface area (Å²) in [5.74, 6) is 0.497. The third-order valence-electron chi connectivity index (χ3n) is 3.38. The van der Waals surface area contributed by atoms with E-state index in [9.17, 15) is 9.90 Å². The monoisotopic (exact) mass is 265 g/mol. The Hall–Kier alpha value is -1.59. The van der Waals surface area contributed by atoms with Gasteiger partial charge in [-0.15, -0.1) is 0 Å². The van der Waals surface area contributed by atoms with Gasteiger partial charge in [0.2, 0.25) is 0 Å². The summed E-state index contributed by atoms with van der Waals surface area (Å²) in [5, 5.41) is 20.4. The van der Waals surface area contributed by atoms with Gasteiger partial charge in [-0.05, 0) is 23.8 Å². The van der Waals surface area contributed by atoms with Gasteiger partial charge in [0.1, 0.15) is 0 Å². The molecule has 1 amide bonds. The van der Waals surface area contributed by atoms with Gasteiger partial charge in [0.05, 0.1) is 19.3 Å². The average Bonchev–Trinajstić information content (AvgIpc) is 3.17. The first-order valence-corrected chi connectivity index (χ1v) is 6.43. The molecule has 1 fully saturated rings. The molecule has 3 atom stereocenters. The fraction of sp³-hybridized carbons (Fsp3) is 0.500. The van der Waals surface area contributed by atoms with Crippen LogP contribution in [0.15, 0.2) is 30.3 Å². The molecule has 1 aromatic rings. The van der Waals surface area contributed by atoms with Crippen molar-refractivity contribution in [2.75, 3.05) is 13.2 Å². The van der Waals surface area contributed by atoms with Crippen molar-refractivity contribution in [3.8, 4) is 0 Å². The minimum atomic E-state index is -1.10. The number of benzene rings is 1. The molecule has 0 radical (unpaired) electrons. The molecule has 5 heteroatoms. The molecule has 0 saturated heterocycles. The third-order valence-corrected chi connectivity index (χ3v) is 3.38. The second-order valence-electron chi connectivity index (χ2n) is 4.91. The molecule has 1 saturated carbocycles. The molecule has 0 spiro atoms. The first-order valence-electron chi connectivity index (χ1n) is 6.43. The summed E-state index contributed by atoms with van der Waals surface area (Å²) in [6.07, 6.45) is -0.810. The van der Waals surface area contributed by atoms with E-state index in [0.29, 0.717) is 19.1 Å². The van der Waals surface area contributed by atoms with Crippen LogP contribution in [0.4, 0.5) is 4.79 Å². The number of hydrogen-bond acceptors (Lipinski definition) is 3. The lowest BCUT2D eigenvalue weighted by Crippen LogP contribution is -2.32. The number of aliphatic hydroxyl groups excluding tert-OH is 1. The number of hydrogen-bond donors (Lipinski definition) is 3. The minimum Gasteiger partial charge on any atom is -0.465 e. The first-order chi connectivity index (χ1) is 9.16. The zero-order valence-electron chi connectivity index (χ0n) is 10.7. The van der Waals surface area contributed by atoms with Crippen LogP contribution in [0.25, 0.3) is 0 Å². The van der Waals surface area contributed by atoms with Gasteiger partial charge in [-0.25, -0.2) is 4.79 Å².